The van der Waals surface area contributed by atoms with Gasteiger partial charge in [0, 0.05) is 38.3 Å². The Labute approximate surface area is 149 Å². The molecule has 1 heterocycles. The highest BCUT2D eigenvalue weighted by Gasteiger charge is 2.23. The van der Waals surface area contributed by atoms with Crippen LogP contribution < -0.4 is 10.2 Å². The highest BCUT2D eigenvalue weighted by Crippen LogP contribution is 2.29. The van der Waals surface area contributed by atoms with Crippen molar-refractivity contribution < 1.29 is 9.72 Å². The lowest BCUT2D eigenvalue weighted by Gasteiger charge is -2.33. The van der Waals surface area contributed by atoms with Crippen LogP contribution in [0.4, 0.5) is 11.4 Å². The van der Waals surface area contributed by atoms with Gasteiger partial charge in [0.05, 0.1) is 16.2 Å². The molecule has 1 aromatic carbocycles. The van der Waals surface area contributed by atoms with E-state index in [1.54, 1.807) is 6.07 Å². The van der Waals surface area contributed by atoms with Gasteiger partial charge in [-0.05, 0) is 38.4 Å². The van der Waals surface area contributed by atoms with Crippen LogP contribution in [0.5, 0.6) is 0 Å². The SMILES string of the molecule is CCN(C)CCNC(=O)c1cc([N+](=O)[O-])ccc1N1CCC(C)CC1. The second kappa shape index (κ2) is 8.80. The summed E-state index contributed by atoms with van der Waals surface area (Å²) in [4.78, 5) is 27.5. The Morgan fingerprint density at radius 1 is 1.40 bits per heavy atom. The molecule has 1 fully saturated rings. The molecule has 2 rings (SSSR count). The molecule has 1 aromatic rings. The molecule has 1 aliphatic heterocycles. The minimum absolute atomic E-state index is 0.0510. The highest BCUT2D eigenvalue weighted by molar-refractivity contribution is 6.00. The van der Waals surface area contributed by atoms with E-state index < -0.39 is 4.92 Å². The lowest BCUT2D eigenvalue weighted by molar-refractivity contribution is -0.384. The Morgan fingerprint density at radius 3 is 2.68 bits per heavy atom. The molecule has 0 aromatic heterocycles. The van der Waals surface area contributed by atoms with Gasteiger partial charge in [-0.1, -0.05) is 13.8 Å². The summed E-state index contributed by atoms with van der Waals surface area (Å²) in [6.45, 7) is 8.19. The average Bonchev–Trinajstić information content (AvgIpc) is 2.61. The van der Waals surface area contributed by atoms with E-state index in [0.29, 0.717) is 18.0 Å². The summed E-state index contributed by atoms with van der Waals surface area (Å²) in [5, 5.41) is 14.0. The number of nitro groups is 1. The van der Waals surface area contributed by atoms with Crippen molar-refractivity contribution >= 4 is 17.3 Å². The van der Waals surface area contributed by atoms with E-state index in [2.05, 4.69) is 29.0 Å². The molecule has 0 bridgehead atoms. The van der Waals surface area contributed by atoms with Crippen LogP contribution >= 0.6 is 0 Å². The lowest BCUT2D eigenvalue weighted by Crippen LogP contribution is -2.36. The summed E-state index contributed by atoms with van der Waals surface area (Å²) >= 11 is 0. The van der Waals surface area contributed by atoms with E-state index in [-0.39, 0.29) is 11.6 Å². The molecule has 0 saturated carbocycles. The van der Waals surface area contributed by atoms with Crippen LogP contribution in [0.15, 0.2) is 18.2 Å². The van der Waals surface area contributed by atoms with Gasteiger partial charge in [-0.3, -0.25) is 14.9 Å². The molecule has 0 unspecified atom stereocenters. The third kappa shape index (κ3) is 5.16. The predicted octanol–water partition coefficient (Wildman–Crippen LogP) is 2.51. The minimum Gasteiger partial charge on any atom is -0.371 e. The summed E-state index contributed by atoms with van der Waals surface area (Å²) < 4.78 is 0. The summed E-state index contributed by atoms with van der Waals surface area (Å²) in [6, 6.07) is 4.59. The highest BCUT2D eigenvalue weighted by atomic mass is 16.6. The number of rotatable bonds is 7. The summed E-state index contributed by atoms with van der Waals surface area (Å²) in [5.41, 5.74) is 1.13. The van der Waals surface area contributed by atoms with Crippen LogP contribution in [0.2, 0.25) is 0 Å². The van der Waals surface area contributed by atoms with Crippen molar-refractivity contribution in [1.29, 1.82) is 0 Å². The maximum Gasteiger partial charge on any atom is 0.270 e. The Hall–Kier alpha value is -2.15. The Morgan fingerprint density at radius 2 is 2.08 bits per heavy atom. The van der Waals surface area contributed by atoms with Crippen LogP contribution in [0, 0.1) is 16.0 Å². The van der Waals surface area contributed by atoms with Gasteiger partial charge in [0.25, 0.3) is 11.6 Å². The number of nitrogens with one attached hydrogen (secondary N) is 1. The van der Waals surface area contributed by atoms with Crippen molar-refractivity contribution in [2.24, 2.45) is 5.92 Å². The zero-order valence-corrected chi connectivity index (χ0v) is 15.3. The number of hydrogen-bond acceptors (Lipinski definition) is 5. The number of hydrogen-bond donors (Lipinski definition) is 1. The Bertz CT molecular complexity index is 612. The number of piperidine rings is 1. The molecular formula is C18H28N4O3. The first-order chi connectivity index (χ1) is 11.9. The van der Waals surface area contributed by atoms with Gasteiger partial charge in [0.2, 0.25) is 0 Å². The zero-order chi connectivity index (χ0) is 18.4. The summed E-state index contributed by atoms with van der Waals surface area (Å²) in [7, 11) is 1.99. The maximum atomic E-state index is 12.6. The number of amides is 1. The third-order valence-corrected chi connectivity index (χ3v) is 4.88. The third-order valence-electron chi connectivity index (χ3n) is 4.88. The molecule has 0 radical (unpaired) electrons. The van der Waals surface area contributed by atoms with Gasteiger partial charge in [0.15, 0.2) is 0 Å². The maximum absolute atomic E-state index is 12.6. The normalized spacial score (nSPS) is 15.4. The van der Waals surface area contributed by atoms with E-state index in [0.717, 1.165) is 44.7 Å². The van der Waals surface area contributed by atoms with Crippen LogP contribution in [0.25, 0.3) is 0 Å². The zero-order valence-electron chi connectivity index (χ0n) is 15.3. The number of anilines is 1. The number of carbonyl (C=O) groups is 1. The predicted molar refractivity (Wildman–Crippen MR) is 99.2 cm³/mol. The molecule has 0 aliphatic carbocycles. The molecule has 0 atom stereocenters. The smallest absolute Gasteiger partial charge is 0.270 e. The van der Waals surface area contributed by atoms with Gasteiger partial charge in [-0.15, -0.1) is 0 Å². The second-order valence-electron chi connectivity index (χ2n) is 6.78. The molecule has 25 heavy (non-hydrogen) atoms. The fraction of sp³-hybridized carbons (Fsp3) is 0.611. The van der Waals surface area contributed by atoms with E-state index in [4.69, 9.17) is 0 Å². The first-order valence-electron chi connectivity index (χ1n) is 8.92. The number of benzene rings is 1. The van der Waals surface area contributed by atoms with E-state index in [1.807, 2.05) is 7.05 Å². The van der Waals surface area contributed by atoms with Crippen molar-refractivity contribution in [2.45, 2.75) is 26.7 Å². The Kier molecular flexibility index (Phi) is 6.75. The molecule has 0 spiro atoms. The van der Waals surface area contributed by atoms with Crippen molar-refractivity contribution in [1.82, 2.24) is 10.2 Å². The first-order valence-corrected chi connectivity index (χ1v) is 8.92. The van der Waals surface area contributed by atoms with Gasteiger partial charge >= 0.3 is 0 Å². The molecule has 138 valence electrons. The quantitative estimate of drug-likeness (QED) is 0.605. The molecule has 1 aliphatic rings. The summed E-state index contributed by atoms with van der Waals surface area (Å²) in [5.74, 6) is 0.429. The van der Waals surface area contributed by atoms with Gasteiger partial charge < -0.3 is 15.1 Å². The number of non-ortho nitro benzene ring substituents is 1. The molecular weight excluding hydrogens is 320 g/mol. The summed E-state index contributed by atoms with van der Waals surface area (Å²) in [6.07, 6.45) is 2.14. The van der Waals surface area contributed by atoms with Gasteiger partial charge in [-0.25, -0.2) is 0 Å². The minimum atomic E-state index is -0.455. The largest absolute Gasteiger partial charge is 0.371 e. The van der Waals surface area contributed by atoms with E-state index in [9.17, 15) is 14.9 Å². The van der Waals surface area contributed by atoms with Crippen LogP contribution in [0.1, 0.15) is 37.0 Å². The fourth-order valence-electron chi connectivity index (χ4n) is 2.96. The molecule has 1 amide bonds. The average molecular weight is 348 g/mol. The van der Waals surface area contributed by atoms with Crippen LogP contribution in [-0.4, -0.2) is 55.5 Å². The second-order valence-corrected chi connectivity index (χ2v) is 6.78. The van der Waals surface area contributed by atoms with E-state index in [1.165, 1.54) is 12.1 Å². The molecule has 1 N–H and O–H groups in total. The monoisotopic (exact) mass is 348 g/mol. The molecule has 7 nitrogen and oxygen atoms in total. The Balaban J connectivity index is 2.18. The fourth-order valence-corrected chi connectivity index (χ4v) is 2.96. The molecule has 7 heteroatoms. The van der Waals surface area contributed by atoms with E-state index >= 15 is 0 Å². The van der Waals surface area contributed by atoms with Gasteiger partial charge in [0.1, 0.15) is 0 Å². The van der Waals surface area contributed by atoms with Crippen LogP contribution in [0.3, 0.4) is 0 Å². The van der Waals surface area contributed by atoms with Crippen LogP contribution in [-0.2, 0) is 0 Å². The first kappa shape index (κ1) is 19.2. The van der Waals surface area contributed by atoms with Gasteiger partial charge in [-0.2, -0.15) is 0 Å². The number of carbonyl (C=O) groups excluding carboxylic acids is 1. The lowest BCUT2D eigenvalue weighted by atomic mass is 9.98. The van der Waals surface area contributed by atoms with Crippen molar-refractivity contribution in [3.63, 3.8) is 0 Å². The molecule has 1 saturated heterocycles. The number of nitro benzene ring substituents is 1. The number of likely N-dealkylation sites (N-methyl/N-ethyl adjacent to an activating group) is 1. The van der Waals surface area contributed by atoms with Crippen molar-refractivity contribution in [3.05, 3.63) is 33.9 Å². The standard InChI is InChI=1S/C18H28N4O3/c1-4-20(3)12-9-19-18(23)16-13-15(22(24)25)5-6-17(16)21-10-7-14(2)8-11-21/h5-6,13-14H,4,7-12H2,1-3H3,(H,19,23). The number of nitrogens with zero attached hydrogens (tertiary/aromatic N) is 3. The van der Waals surface area contributed by atoms with Crippen molar-refractivity contribution in [3.8, 4) is 0 Å². The topological polar surface area (TPSA) is 78.7 Å². The van der Waals surface area contributed by atoms with Crippen molar-refractivity contribution in [2.75, 3.05) is 44.7 Å².